The third-order valence-electron chi connectivity index (χ3n) is 3.57. The Balaban J connectivity index is 1.87. The summed E-state index contributed by atoms with van der Waals surface area (Å²) in [5.74, 6) is 0.733. The zero-order valence-corrected chi connectivity index (χ0v) is 13.3. The number of aryl methyl sites for hydroxylation is 2. The number of nitrogens with one attached hydrogen (secondary N) is 1. The molecule has 4 heteroatoms. The van der Waals surface area contributed by atoms with Gasteiger partial charge in [-0.1, -0.05) is 23.8 Å². The number of carbonyl (C=O) groups is 1. The Kier molecular flexibility index (Phi) is 5.04. The number of anilines is 2. The normalized spacial score (nSPS) is 10.3. The van der Waals surface area contributed by atoms with Crippen LogP contribution >= 0.6 is 0 Å². The Bertz CT molecular complexity index is 681. The van der Waals surface area contributed by atoms with Crippen molar-refractivity contribution in [2.45, 2.75) is 27.2 Å². The van der Waals surface area contributed by atoms with Gasteiger partial charge in [0, 0.05) is 11.4 Å². The highest BCUT2D eigenvalue weighted by atomic mass is 16.5. The van der Waals surface area contributed by atoms with E-state index in [0.29, 0.717) is 18.7 Å². The maximum atomic E-state index is 12.0. The lowest BCUT2D eigenvalue weighted by atomic mass is 10.1. The van der Waals surface area contributed by atoms with E-state index in [4.69, 9.17) is 10.5 Å². The molecule has 2 aromatic carbocycles. The second-order valence-electron chi connectivity index (χ2n) is 5.44. The van der Waals surface area contributed by atoms with Crippen molar-refractivity contribution in [2.75, 3.05) is 17.7 Å². The molecule has 0 aliphatic carbocycles. The average molecular weight is 298 g/mol. The van der Waals surface area contributed by atoms with Crippen LogP contribution in [0.4, 0.5) is 11.4 Å². The fourth-order valence-electron chi connectivity index (χ4n) is 2.22. The fraction of sp³-hybridized carbons (Fsp3) is 0.278. The highest BCUT2D eigenvalue weighted by Gasteiger charge is 2.07. The van der Waals surface area contributed by atoms with Crippen molar-refractivity contribution in [2.24, 2.45) is 0 Å². The van der Waals surface area contributed by atoms with E-state index >= 15 is 0 Å². The summed E-state index contributed by atoms with van der Waals surface area (Å²) in [5.41, 5.74) is 10.4. The highest BCUT2D eigenvalue weighted by molar-refractivity contribution is 5.92. The first-order chi connectivity index (χ1) is 10.5. The molecule has 4 nitrogen and oxygen atoms in total. The van der Waals surface area contributed by atoms with Gasteiger partial charge in [-0.15, -0.1) is 0 Å². The molecule has 0 fully saturated rings. The Labute approximate surface area is 131 Å². The van der Waals surface area contributed by atoms with Crippen molar-refractivity contribution in [3.8, 4) is 5.75 Å². The molecule has 0 radical (unpaired) electrons. The smallest absolute Gasteiger partial charge is 0.227 e. The molecule has 0 unspecified atom stereocenters. The summed E-state index contributed by atoms with van der Waals surface area (Å²) >= 11 is 0. The summed E-state index contributed by atoms with van der Waals surface area (Å²) in [6.07, 6.45) is 0.293. The summed E-state index contributed by atoms with van der Waals surface area (Å²) in [6.45, 7) is 6.27. The molecule has 3 N–H and O–H groups in total. The first-order valence-electron chi connectivity index (χ1n) is 7.32. The summed E-state index contributed by atoms with van der Waals surface area (Å²) in [6, 6.07) is 11.5. The number of nitrogen functional groups attached to an aromatic ring is 1. The first-order valence-corrected chi connectivity index (χ1v) is 7.32. The van der Waals surface area contributed by atoms with Crippen LogP contribution in [-0.4, -0.2) is 12.5 Å². The Hall–Kier alpha value is -2.49. The summed E-state index contributed by atoms with van der Waals surface area (Å²) in [4.78, 5) is 12.0. The quantitative estimate of drug-likeness (QED) is 0.829. The van der Waals surface area contributed by atoms with E-state index < -0.39 is 0 Å². The lowest BCUT2D eigenvalue weighted by Crippen LogP contribution is -2.16. The van der Waals surface area contributed by atoms with E-state index in [2.05, 4.69) is 11.4 Å². The standard InChI is InChI=1S/C18H22N2O2/c1-12-7-8-17(13(2)11-12)22-10-9-18(21)20-16-6-4-5-15(19)14(16)3/h4-8,11H,9-10,19H2,1-3H3,(H,20,21). The van der Waals surface area contributed by atoms with Crippen LogP contribution in [0.2, 0.25) is 0 Å². The van der Waals surface area contributed by atoms with Gasteiger partial charge in [-0.05, 0) is 50.1 Å². The number of nitrogens with two attached hydrogens (primary N) is 1. The molecule has 0 atom stereocenters. The zero-order valence-electron chi connectivity index (χ0n) is 13.3. The highest BCUT2D eigenvalue weighted by Crippen LogP contribution is 2.21. The van der Waals surface area contributed by atoms with Crippen molar-refractivity contribution in [1.29, 1.82) is 0 Å². The lowest BCUT2D eigenvalue weighted by molar-refractivity contribution is -0.116. The molecule has 0 heterocycles. The van der Waals surface area contributed by atoms with Gasteiger partial charge in [0.1, 0.15) is 5.75 Å². The minimum Gasteiger partial charge on any atom is -0.493 e. The first kappa shape index (κ1) is 15.9. The van der Waals surface area contributed by atoms with Gasteiger partial charge in [0.25, 0.3) is 0 Å². The number of hydrogen-bond donors (Lipinski definition) is 2. The molecule has 116 valence electrons. The zero-order chi connectivity index (χ0) is 16.1. The molecule has 22 heavy (non-hydrogen) atoms. The molecule has 0 bridgehead atoms. The minimum atomic E-state index is -0.0848. The molecule has 1 amide bonds. The predicted molar refractivity (Wildman–Crippen MR) is 90.2 cm³/mol. The van der Waals surface area contributed by atoms with Crippen molar-refractivity contribution >= 4 is 17.3 Å². The van der Waals surface area contributed by atoms with Gasteiger partial charge in [-0.2, -0.15) is 0 Å². The monoisotopic (exact) mass is 298 g/mol. The Morgan fingerprint density at radius 3 is 2.68 bits per heavy atom. The Morgan fingerprint density at radius 1 is 1.18 bits per heavy atom. The largest absolute Gasteiger partial charge is 0.493 e. The molecule has 0 saturated heterocycles. The van der Waals surface area contributed by atoms with Crippen LogP contribution in [0.1, 0.15) is 23.1 Å². The lowest BCUT2D eigenvalue weighted by Gasteiger charge is -2.12. The molecule has 0 aliphatic heterocycles. The van der Waals surface area contributed by atoms with E-state index in [1.54, 1.807) is 0 Å². The SMILES string of the molecule is Cc1ccc(OCCC(=O)Nc2cccc(N)c2C)c(C)c1. The van der Waals surface area contributed by atoms with Crippen molar-refractivity contribution in [1.82, 2.24) is 0 Å². The van der Waals surface area contributed by atoms with Crippen LogP contribution in [0.15, 0.2) is 36.4 Å². The van der Waals surface area contributed by atoms with Crippen LogP contribution in [-0.2, 0) is 4.79 Å². The van der Waals surface area contributed by atoms with Crippen molar-refractivity contribution in [3.63, 3.8) is 0 Å². The second kappa shape index (κ2) is 6.98. The number of hydrogen-bond acceptors (Lipinski definition) is 3. The van der Waals surface area contributed by atoms with Gasteiger partial charge in [-0.25, -0.2) is 0 Å². The van der Waals surface area contributed by atoms with Gasteiger partial charge >= 0.3 is 0 Å². The number of benzene rings is 2. The molecular weight excluding hydrogens is 276 g/mol. The van der Waals surface area contributed by atoms with E-state index in [9.17, 15) is 4.79 Å². The molecule has 0 saturated carbocycles. The fourth-order valence-corrected chi connectivity index (χ4v) is 2.22. The van der Waals surface area contributed by atoms with Gasteiger partial charge in [0.05, 0.1) is 13.0 Å². The third kappa shape index (κ3) is 4.01. The van der Waals surface area contributed by atoms with Crippen LogP contribution < -0.4 is 15.8 Å². The predicted octanol–water partition coefficient (Wildman–Crippen LogP) is 3.60. The molecular formula is C18H22N2O2. The molecule has 0 spiro atoms. The van der Waals surface area contributed by atoms with Gasteiger partial charge < -0.3 is 15.8 Å². The molecule has 2 rings (SSSR count). The van der Waals surface area contributed by atoms with E-state index in [0.717, 1.165) is 22.6 Å². The number of rotatable bonds is 5. The number of ether oxygens (including phenoxy) is 1. The number of amides is 1. The van der Waals surface area contributed by atoms with E-state index in [-0.39, 0.29) is 5.91 Å². The molecule has 0 aliphatic rings. The summed E-state index contributed by atoms with van der Waals surface area (Å²) < 4.78 is 5.67. The molecule has 0 aromatic heterocycles. The summed E-state index contributed by atoms with van der Waals surface area (Å²) in [5, 5.41) is 2.86. The molecule has 2 aromatic rings. The van der Waals surface area contributed by atoms with Gasteiger partial charge in [0.15, 0.2) is 0 Å². The van der Waals surface area contributed by atoms with Crippen LogP contribution in [0, 0.1) is 20.8 Å². The van der Waals surface area contributed by atoms with Gasteiger partial charge in [0.2, 0.25) is 5.91 Å². The second-order valence-corrected chi connectivity index (χ2v) is 5.44. The van der Waals surface area contributed by atoms with E-state index in [1.807, 2.05) is 51.1 Å². The van der Waals surface area contributed by atoms with Crippen LogP contribution in [0.5, 0.6) is 5.75 Å². The third-order valence-corrected chi connectivity index (χ3v) is 3.57. The maximum Gasteiger partial charge on any atom is 0.227 e. The maximum absolute atomic E-state index is 12.0. The van der Waals surface area contributed by atoms with Crippen molar-refractivity contribution < 1.29 is 9.53 Å². The Morgan fingerprint density at radius 2 is 1.95 bits per heavy atom. The number of carbonyl (C=O) groups excluding carboxylic acids is 1. The summed E-state index contributed by atoms with van der Waals surface area (Å²) in [7, 11) is 0. The van der Waals surface area contributed by atoms with Crippen LogP contribution in [0.25, 0.3) is 0 Å². The van der Waals surface area contributed by atoms with Crippen molar-refractivity contribution in [3.05, 3.63) is 53.1 Å². The topological polar surface area (TPSA) is 64.3 Å². The van der Waals surface area contributed by atoms with Crippen LogP contribution in [0.3, 0.4) is 0 Å². The van der Waals surface area contributed by atoms with E-state index in [1.165, 1.54) is 5.56 Å². The minimum absolute atomic E-state index is 0.0848. The average Bonchev–Trinajstić information content (AvgIpc) is 2.46. The van der Waals surface area contributed by atoms with Gasteiger partial charge in [-0.3, -0.25) is 4.79 Å².